The zero-order valence-electron chi connectivity index (χ0n) is 11.7. The topological polar surface area (TPSA) is 52.8 Å². The highest BCUT2D eigenvalue weighted by atomic mass is 32.1. The molecule has 0 amide bonds. The molecule has 21 heavy (non-hydrogen) atoms. The first-order valence-corrected chi connectivity index (χ1v) is 7.39. The molecule has 5 nitrogen and oxygen atoms in total. The van der Waals surface area contributed by atoms with Crippen molar-refractivity contribution in [3.63, 3.8) is 0 Å². The van der Waals surface area contributed by atoms with Gasteiger partial charge in [0.25, 0.3) is 0 Å². The van der Waals surface area contributed by atoms with Crippen LogP contribution in [0, 0.1) is 6.92 Å². The number of carbonyl (C=O) groups excluding carboxylic acids is 1. The van der Waals surface area contributed by atoms with E-state index in [9.17, 15) is 4.79 Å². The predicted octanol–water partition coefficient (Wildman–Crippen LogP) is 3.91. The lowest BCUT2D eigenvalue weighted by atomic mass is 10.2. The van der Waals surface area contributed by atoms with Crippen molar-refractivity contribution in [1.29, 1.82) is 0 Å². The molecule has 0 fully saturated rings. The van der Waals surface area contributed by atoms with Crippen molar-refractivity contribution >= 4 is 22.5 Å². The summed E-state index contributed by atoms with van der Waals surface area (Å²) in [6.45, 7) is 3.91. The number of fused-ring (bicyclic) bond motifs is 1. The number of aryl methyl sites for hydroxylation is 1. The molecule has 0 N–H and O–H groups in total. The molecule has 0 aliphatic carbocycles. The van der Waals surface area contributed by atoms with Gasteiger partial charge in [0, 0.05) is 11.8 Å². The molecular formula is C15H14N2O3S. The number of aromatic nitrogens is 2. The molecule has 0 radical (unpaired) electrons. The van der Waals surface area contributed by atoms with Gasteiger partial charge in [0.2, 0.25) is 5.06 Å². The number of thiazole rings is 1. The van der Waals surface area contributed by atoms with Crippen LogP contribution in [0.2, 0.25) is 0 Å². The maximum absolute atomic E-state index is 11.4. The van der Waals surface area contributed by atoms with Gasteiger partial charge >= 0.3 is 6.16 Å². The summed E-state index contributed by atoms with van der Waals surface area (Å²) in [5.74, 6) is 0. The minimum absolute atomic E-state index is 0.290. The molecule has 0 saturated carbocycles. The molecule has 0 aliphatic rings. The quantitative estimate of drug-likeness (QED) is 0.688. The van der Waals surface area contributed by atoms with E-state index in [0.29, 0.717) is 11.7 Å². The normalized spacial score (nSPS) is 10.8. The largest absolute Gasteiger partial charge is 0.514 e. The van der Waals surface area contributed by atoms with Crippen molar-refractivity contribution in [3.8, 4) is 16.3 Å². The Bertz CT molecular complexity index is 777. The van der Waals surface area contributed by atoms with E-state index in [1.54, 1.807) is 6.92 Å². The van der Waals surface area contributed by atoms with Crippen LogP contribution in [0.4, 0.5) is 4.79 Å². The van der Waals surface area contributed by atoms with Crippen molar-refractivity contribution in [2.75, 3.05) is 6.61 Å². The Hall–Kier alpha value is -2.34. The monoisotopic (exact) mass is 302 g/mol. The molecule has 0 saturated heterocycles. The summed E-state index contributed by atoms with van der Waals surface area (Å²) in [4.78, 5) is 16.7. The van der Waals surface area contributed by atoms with E-state index in [1.807, 2.05) is 47.9 Å². The summed E-state index contributed by atoms with van der Waals surface area (Å²) in [6.07, 6.45) is 1.25. The highest BCUT2D eigenvalue weighted by Gasteiger charge is 2.16. The number of hydrogen-bond donors (Lipinski definition) is 0. The lowest BCUT2D eigenvalue weighted by molar-refractivity contribution is 0.105. The molecule has 6 heteroatoms. The van der Waals surface area contributed by atoms with Crippen LogP contribution in [0.3, 0.4) is 0 Å². The molecule has 3 rings (SSSR count). The maximum atomic E-state index is 11.4. The van der Waals surface area contributed by atoms with Gasteiger partial charge in [-0.25, -0.2) is 9.78 Å². The average Bonchev–Trinajstić information content (AvgIpc) is 3.01. The molecule has 2 heterocycles. The minimum Gasteiger partial charge on any atom is -0.434 e. The zero-order valence-corrected chi connectivity index (χ0v) is 12.5. The fourth-order valence-corrected chi connectivity index (χ4v) is 2.95. The number of benzene rings is 1. The summed E-state index contributed by atoms with van der Waals surface area (Å²) in [6, 6.07) is 9.95. The van der Waals surface area contributed by atoms with Crippen LogP contribution in [0.15, 0.2) is 36.5 Å². The summed E-state index contributed by atoms with van der Waals surface area (Å²) >= 11 is 1.32. The third-order valence-electron chi connectivity index (χ3n) is 3.02. The first-order chi connectivity index (χ1) is 10.2. The number of nitrogens with zero attached hydrogens (tertiary/aromatic N) is 2. The van der Waals surface area contributed by atoms with Crippen molar-refractivity contribution in [2.24, 2.45) is 0 Å². The fraction of sp³-hybridized carbons (Fsp3) is 0.200. The summed E-state index contributed by atoms with van der Waals surface area (Å²) in [5, 5.41) is 0.510. The third kappa shape index (κ3) is 2.62. The van der Waals surface area contributed by atoms with Gasteiger partial charge in [-0.1, -0.05) is 41.7 Å². The standard InChI is InChI=1S/C15H14N2O3S/c1-3-19-15(18)20-13-10(2)17-9-12(16-14(17)21-13)11-7-5-4-6-8-11/h4-9H,3H2,1-2H3. The van der Waals surface area contributed by atoms with Gasteiger partial charge in [-0.2, -0.15) is 0 Å². The first-order valence-electron chi connectivity index (χ1n) is 6.57. The highest BCUT2D eigenvalue weighted by Crippen LogP contribution is 2.32. The van der Waals surface area contributed by atoms with Crippen molar-refractivity contribution < 1.29 is 14.3 Å². The zero-order chi connectivity index (χ0) is 14.8. The van der Waals surface area contributed by atoms with Crippen LogP contribution in [-0.4, -0.2) is 22.1 Å². The third-order valence-corrected chi connectivity index (χ3v) is 4.06. The summed E-state index contributed by atoms with van der Waals surface area (Å²) < 4.78 is 11.9. The van der Waals surface area contributed by atoms with E-state index in [-0.39, 0.29) is 0 Å². The molecule has 108 valence electrons. The number of carbonyl (C=O) groups is 1. The van der Waals surface area contributed by atoms with E-state index >= 15 is 0 Å². The van der Waals surface area contributed by atoms with Crippen LogP contribution in [0.25, 0.3) is 16.2 Å². The van der Waals surface area contributed by atoms with Crippen molar-refractivity contribution in [3.05, 3.63) is 42.2 Å². The van der Waals surface area contributed by atoms with Crippen LogP contribution < -0.4 is 4.74 Å². The first kappa shape index (κ1) is 13.6. The molecule has 0 aliphatic heterocycles. The van der Waals surface area contributed by atoms with E-state index in [1.165, 1.54) is 11.3 Å². The highest BCUT2D eigenvalue weighted by molar-refractivity contribution is 7.19. The second kappa shape index (κ2) is 5.57. The van der Waals surface area contributed by atoms with Gasteiger partial charge in [0.15, 0.2) is 4.96 Å². The average molecular weight is 302 g/mol. The smallest absolute Gasteiger partial charge is 0.434 e. The van der Waals surface area contributed by atoms with Crippen LogP contribution in [0.1, 0.15) is 12.6 Å². The number of imidazole rings is 1. The van der Waals surface area contributed by atoms with E-state index in [4.69, 9.17) is 9.47 Å². The second-order valence-corrected chi connectivity index (χ2v) is 5.34. The van der Waals surface area contributed by atoms with Crippen molar-refractivity contribution in [2.45, 2.75) is 13.8 Å². The Morgan fingerprint density at radius 3 is 2.76 bits per heavy atom. The molecule has 0 unspecified atom stereocenters. The Morgan fingerprint density at radius 2 is 2.10 bits per heavy atom. The molecule has 0 bridgehead atoms. The van der Waals surface area contributed by atoms with E-state index in [0.717, 1.165) is 21.9 Å². The van der Waals surface area contributed by atoms with Crippen LogP contribution in [0.5, 0.6) is 5.06 Å². The lowest BCUT2D eigenvalue weighted by Crippen LogP contribution is -2.09. The number of hydrogen-bond acceptors (Lipinski definition) is 5. The molecule has 0 atom stereocenters. The van der Waals surface area contributed by atoms with Crippen LogP contribution in [-0.2, 0) is 4.74 Å². The van der Waals surface area contributed by atoms with E-state index < -0.39 is 6.16 Å². The maximum Gasteiger partial charge on any atom is 0.514 e. The van der Waals surface area contributed by atoms with Gasteiger partial charge in [-0.3, -0.25) is 4.40 Å². The van der Waals surface area contributed by atoms with Gasteiger partial charge in [-0.05, 0) is 13.8 Å². The van der Waals surface area contributed by atoms with Gasteiger partial charge < -0.3 is 9.47 Å². The van der Waals surface area contributed by atoms with Gasteiger partial charge in [0.1, 0.15) is 0 Å². The molecular weight excluding hydrogens is 288 g/mol. The van der Waals surface area contributed by atoms with E-state index in [2.05, 4.69) is 4.98 Å². The SMILES string of the molecule is CCOC(=O)Oc1sc2nc(-c3ccccc3)cn2c1C. The molecule has 2 aromatic heterocycles. The summed E-state index contributed by atoms with van der Waals surface area (Å²) in [5.41, 5.74) is 2.78. The van der Waals surface area contributed by atoms with Crippen LogP contribution >= 0.6 is 11.3 Å². The Labute approximate surface area is 125 Å². The molecule has 0 spiro atoms. The van der Waals surface area contributed by atoms with Crippen molar-refractivity contribution in [1.82, 2.24) is 9.38 Å². The molecule has 3 aromatic rings. The molecule has 1 aromatic carbocycles. The Morgan fingerprint density at radius 1 is 1.33 bits per heavy atom. The Kier molecular flexibility index (Phi) is 3.62. The number of ether oxygens (including phenoxy) is 2. The van der Waals surface area contributed by atoms with Gasteiger partial charge in [-0.15, -0.1) is 0 Å². The summed E-state index contributed by atoms with van der Waals surface area (Å²) in [7, 11) is 0. The fourth-order valence-electron chi connectivity index (χ4n) is 2.00. The predicted molar refractivity (Wildman–Crippen MR) is 80.9 cm³/mol. The second-order valence-electron chi connectivity index (χ2n) is 4.40. The lowest BCUT2D eigenvalue weighted by Gasteiger charge is -2.01. The Balaban J connectivity index is 1.93. The number of rotatable bonds is 3. The minimum atomic E-state index is -0.687. The van der Waals surface area contributed by atoms with Gasteiger partial charge in [0.05, 0.1) is 18.0 Å².